The van der Waals surface area contributed by atoms with Crippen LogP contribution in [0.2, 0.25) is 0 Å². The number of ketones is 1. The third kappa shape index (κ3) is 3.16. The number of phenols is 1. The van der Waals surface area contributed by atoms with Crippen molar-refractivity contribution in [1.82, 2.24) is 0 Å². The maximum Gasteiger partial charge on any atom is 0.316 e. The van der Waals surface area contributed by atoms with Gasteiger partial charge in [0.1, 0.15) is 5.92 Å². The first-order valence-electron chi connectivity index (χ1n) is 9.79. The molecule has 3 atom stereocenters. The second-order valence-electron chi connectivity index (χ2n) is 7.58. The number of allylic oxidation sites excluding steroid dienone is 1. The molecule has 0 saturated carbocycles. The van der Waals surface area contributed by atoms with Crippen molar-refractivity contribution in [3.8, 4) is 11.5 Å². The molecule has 0 aromatic heterocycles. The molecule has 7 heteroatoms. The number of fused-ring (bicyclic) bond motifs is 1. The van der Waals surface area contributed by atoms with Gasteiger partial charge < -0.3 is 25.2 Å². The lowest BCUT2D eigenvalue weighted by Crippen LogP contribution is -2.39. The molecule has 1 heterocycles. The van der Waals surface area contributed by atoms with E-state index in [0.29, 0.717) is 23.3 Å². The van der Waals surface area contributed by atoms with Crippen molar-refractivity contribution < 1.29 is 24.2 Å². The summed E-state index contributed by atoms with van der Waals surface area (Å²) >= 11 is 0. The van der Waals surface area contributed by atoms with Crippen molar-refractivity contribution >= 4 is 23.1 Å². The van der Waals surface area contributed by atoms with Crippen LogP contribution in [0.25, 0.3) is 0 Å². The van der Waals surface area contributed by atoms with Gasteiger partial charge in [0.15, 0.2) is 17.3 Å². The smallest absolute Gasteiger partial charge is 0.316 e. The van der Waals surface area contributed by atoms with Gasteiger partial charge in [0.2, 0.25) is 0 Å². The first-order chi connectivity index (χ1) is 14.5. The van der Waals surface area contributed by atoms with E-state index in [-0.39, 0.29) is 17.5 Å². The third-order valence-electron chi connectivity index (χ3n) is 5.79. The fraction of sp³-hybridized carbons (Fsp3) is 0.304. The zero-order chi connectivity index (χ0) is 21.4. The van der Waals surface area contributed by atoms with Gasteiger partial charge in [0.05, 0.1) is 31.6 Å². The zero-order valence-corrected chi connectivity index (χ0v) is 17.1. The van der Waals surface area contributed by atoms with Gasteiger partial charge in [-0.3, -0.25) is 9.59 Å². The fourth-order valence-electron chi connectivity index (χ4n) is 4.30. The third-order valence-corrected chi connectivity index (χ3v) is 5.79. The van der Waals surface area contributed by atoms with Crippen LogP contribution >= 0.6 is 0 Å². The van der Waals surface area contributed by atoms with E-state index >= 15 is 0 Å². The molecule has 30 heavy (non-hydrogen) atoms. The number of phenolic OH excluding ortho intramolecular Hbond substituents is 1. The molecule has 0 radical (unpaired) electrons. The van der Waals surface area contributed by atoms with Gasteiger partial charge in [-0.1, -0.05) is 31.2 Å². The molecule has 1 aliphatic heterocycles. The predicted molar refractivity (Wildman–Crippen MR) is 112 cm³/mol. The van der Waals surface area contributed by atoms with Crippen LogP contribution < -0.4 is 15.4 Å². The standard InChI is InChI=1S/C23H24N2O5/c1-12-11-16-19(22(27)18(12)23(28)30-3)20(13-7-6-10-17(29-2)21(13)26)25-15-9-5-4-8-14(15)24-16/h4-10,12,18,20,24-26H,11H2,1-3H3/t12-,18-,20+/m0/s1. The average molecular weight is 408 g/mol. The Morgan fingerprint density at radius 1 is 1.10 bits per heavy atom. The number of carbonyl (C=O) groups is 2. The van der Waals surface area contributed by atoms with Gasteiger partial charge in [0.25, 0.3) is 0 Å². The van der Waals surface area contributed by atoms with Crippen molar-refractivity contribution in [2.75, 3.05) is 24.9 Å². The Morgan fingerprint density at radius 2 is 1.83 bits per heavy atom. The number of nitrogens with one attached hydrogen (secondary N) is 2. The average Bonchev–Trinajstić information content (AvgIpc) is 2.90. The predicted octanol–water partition coefficient (Wildman–Crippen LogP) is 3.63. The number of rotatable bonds is 3. The second-order valence-corrected chi connectivity index (χ2v) is 7.58. The van der Waals surface area contributed by atoms with Crippen molar-refractivity contribution in [3.63, 3.8) is 0 Å². The SMILES string of the molecule is COC(=O)[C@@H]1C(=O)C2=C(C[C@@H]1C)Nc1ccccc1N[C@@H]2c1cccc(OC)c1O. The van der Waals surface area contributed by atoms with Gasteiger partial charge in [-0.2, -0.15) is 0 Å². The molecular weight excluding hydrogens is 384 g/mol. The van der Waals surface area contributed by atoms with E-state index in [0.717, 1.165) is 17.1 Å². The number of hydrogen-bond acceptors (Lipinski definition) is 7. The monoisotopic (exact) mass is 408 g/mol. The summed E-state index contributed by atoms with van der Waals surface area (Å²) in [6, 6.07) is 12.1. The van der Waals surface area contributed by atoms with Crippen LogP contribution in [0.1, 0.15) is 24.9 Å². The number of carbonyl (C=O) groups excluding carboxylic acids is 2. The molecule has 0 bridgehead atoms. The summed E-state index contributed by atoms with van der Waals surface area (Å²) in [6.07, 6.45) is 0.498. The highest BCUT2D eigenvalue weighted by atomic mass is 16.5. The van der Waals surface area contributed by atoms with Crippen molar-refractivity contribution in [2.45, 2.75) is 19.4 Å². The number of anilines is 2. The molecule has 0 fully saturated rings. The van der Waals surface area contributed by atoms with Crippen LogP contribution in [-0.4, -0.2) is 31.1 Å². The number of aromatic hydroxyl groups is 1. The number of Topliss-reactive ketones (excluding diaryl/α,β-unsaturated/α-hetero) is 1. The van der Waals surface area contributed by atoms with Gasteiger partial charge >= 0.3 is 5.97 Å². The Labute approximate surface area is 174 Å². The van der Waals surface area contributed by atoms with E-state index in [1.54, 1.807) is 18.2 Å². The summed E-state index contributed by atoms with van der Waals surface area (Å²) in [5.74, 6) is -1.72. The molecule has 7 nitrogen and oxygen atoms in total. The highest BCUT2D eigenvalue weighted by Crippen LogP contribution is 2.46. The first kappa shape index (κ1) is 19.8. The summed E-state index contributed by atoms with van der Waals surface area (Å²) in [5, 5.41) is 17.6. The Hall–Kier alpha value is -3.48. The number of benzene rings is 2. The second kappa shape index (κ2) is 7.74. The summed E-state index contributed by atoms with van der Waals surface area (Å²) in [4.78, 5) is 26.0. The molecule has 1 aliphatic carbocycles. The molecule has 2 aromatic carbocycles. The minimum absolute atomic E-state index is 0.0511. The fourth-order valence-corrected chi connectivity index (χ4v) is 4.30. The molecule has 0 saturated heterocycles. The molecule has 2 aromatic rings. The van der Waals surface area contributed by atoms with Gasteiger partial charge in [-0.15, -0.1) is 0 Å². The van der Waals surface area contributed by atoms with E-state index in [1.165, 1.54) is 14.2 Å². The number of ether oxygens (including phenoxy) is 2. The maximum atomic E-state index is 13.6. The highest BCUT2D eigenvalue weighted by Gasteiger charge is 2.44. The number of esters is 1. The Kier molecular flexibility index (Phi) is 5.11. The van der Waals surface area contributed by atoms with Crippen LogP contribution in [0, 0.1) is 11.8 Å². The van der Waals surface area contributed by atoms with Gasteiger partial charge in [-0.05, 0) is 30.5 Å². The molecule has 0 unspecified atom stereocenters. The summed E-state index contributed by atoms with van der Waals surface area (Å²) in [5.41, 5.74) is 3.26. The Balaban J connectivity index is 1.91. The maximum absolute atomic E-state index is 13.6. The van der Waals surface area contributed by atoms with Crippen LogP contribution in [0.4, 0.5) is 11.4 Å². The van der Waals surface area contributed by atoms with Crippen LogP contribution in [-0.2, 0) is 14.3 Å². The summed E-state index contributed by atoms with van der Waals surface area (Å²) < 4.78 is 10.2. The summed E-state index contributed by atoms with van der Waals surface area (Å²) in [7, 11) is 2.76. The quantitative estimate of drug-likeness (QED) is 0.527. The minimum atomic E-state index is -0.895. The van der Waals surface area contributed by atoms with Crippen LogP contribution in [0.3, 0.4) is 0 Å². The topological polar surface area (TPSA) is 96.9 Å². The van der Waals surface area contributed by atoms with E-state index in [1.807, 2.05) is 31.2 Å². The highest BCUT2D eigenvalue weighted by molar-refractivity contribution is 6.11. The van der Waals surface area contributed by atoms with Crippen LogP contribution in [0.5, 0.6) is 11.5 Å². The Bertz CT molecular complexity index is 1050. The Morgan fingerprint density at radius 3 is 2.53 bits per heavy atom. The van der Waals surface area contributed by atoms with E-state index in [2.05, 4.69) is 10.6 Å². The number of para-hydroxylation sites is 3. The molecule has 4 rings (SSSR count). The number of hydrogen-bond donors (Lipinski definition) is 3. The first-order valence-corrected chi connectivity index (χ1v) is 9.79. The van der Waals surface area contributed by atoms with E-state index < -0.39 is 17.9 Å². The molecular formula is C23H24N2O5. The van der Waals surface area contributed by atoms with Gasteiger partial charge in [0, 0.05) is 16.8 Å². The van der Waals surface area contributed by atoms with Gasteiger partial charge in [-0.25, -0.2) is 0 Å². The molecule has 156 valence electrons. The zero-order valence-electron chi connectivity index (χ0n) is 17.1. The number of methoxy groups -OCH3 is 2. The van der Waals surface area contributed by atoms with Crippen molar-refractivity contribution in [1.29, 1.82) is 0 Å². The molecule has 3 N–H and O–H groups in total. The van der Waals surface area contributed by atoms with E-state index in [4.69, 9.17) is 9.47 Å². The van der Waals surface area contributed by atoms with Crippen molar-refractivity contribution in [2.24, 2.45) is 11.8 Å². The summed E-state index contributed by atoms with van der Waals surface area (Å²) in [6.45, 7) is 1.87. The lowest BCUT2D eigenvalue weighted by Gasteiger charge is -2.32. The van der Waals surface area contributed by atoms with Crippen molar-refractivity contribution in [3.05, 3.63) is 59.3 Å². The van der Waals surface area contributed by atoms with E-state index in [9.17, 15) is 14.7 Å². The lowest BCUT2D eigenvalue weighted by atomic mass is 9.74. The minimum Gasteiger partial charge on any atom is -0.504 e. The molecule has 0 spiro atoms. The lowest BCUT2D eigenvalue weighted by molar-refractivity contribution is -0.151. The molecule has 0 amide bonds. The largest absolute Gasteiger partial charge is 0.504 e. The van der Waals surface area contributed by atoms with Crippen LogP contribution in [0.15, 0.2) is 53.7 Å². The normalized spacial score (nSPS) is 22.8. The molecule has 2 aliphatic rings.